The van der Waals surface area contributed by atoms with Crippen LogP contribution in [0, 0.1) is 12.7 Å². The molecule has 2 aromatic rings. The second-order valence-corrected chi connectivity index (χ2v) is 7.21. The molecule has 2 aromatic carbocycles. The zero-order valence-electron chi connectivity index (χ0n) is 17.0. The number of halogens is 1. The molecule has 1 N–H and O–H groups in total. The minimum atomic E-state index is -0.704. The van der Waals surface area contributed by atoms with E-state index in [1.807, 2.05) is 45.0 Å². The largest absolute Gasteiger partial charge is 0.352 e. The second-order valence-electron chi connectivity index (χ2n) is 7.21. The van der Waals surface area contributed by atoms with Crippen molar-refractivity contribution in [3.8, 4) is 0 Å². The zero-order valence-corrected chi connectivity index (χ0v) is 17.0. The first-order valence-corrected chi connectivity index (χ1v) is 9.71. The molecular formula is C23H29FN2O2. The highest BCUT2D eigenvalue weighted by Gasteiger charge is 2.27. The predicted molar refractivity (Wildman–Crippen MR) is 109 cm³/mol. The van der Waals surface area contributed by atoms with Crippen molar-refractivity contribution in [3.63, 3.8) is 0 Å². The Labute approximate surface area is 166 Å². The van der Waals surface area contributed by atoms with Gasteiger partial charge in [0.1, 0.15) is 11.9 Å². The van der Waals surface area contributed by atoms with E-state index in [1.165, 1.54) is 11.0 Å². The summed E-state index contributed by atoms with van der Waals surface area (Å²) in [6.45, 7) is 7.58. The Hall–Kier alpha value is -2.69. The molecule has 2 amide bonds. The molecule has 0 aromatic heterocycles. The summed E-state index contributed by atoms with van der Waals surface area (Å²) in [5.74, 6) is -0.820. The number of hydrogen-bond acceptors (Lipinski definition) is 2. The minimum absolute atomic E-state index is 0.0109. The van der Waals surface area contributed by atoms with E-state index in [1.54, 1.807) is 25.1 Å². The maximum Gasteiger partial charge on any atom is 0.242 e. The van der Waals surface area contributed by atoms with Gasteiger partial charge in [0.2, 0.25) is 11.8 Å². The molecule has 28 heavy (non-hydrogen) atoms. The Morgan fingerprint density at radius 2 is 1.64 bits per heavy atom. The highest BCUT2D eigenvalue weighted by molar-refractivity contribution is 5.88. The summed E-state index contributed by atoms with van der Waals surface area (Å²) >= 11 is 0. The molecule has 4 nitrogen and oxygen atoms in total. The van der Waals surface area contributed by atoms with Crippen LogP contribution in [-0.4, -0.2) is 28.8 Å². The first-order chi connectivity index (χ1) is 13.3. The average Bonchev–Trinajstić information content (AvgIpc) is 2.68. The molecule has 0 unspecified atom stereocenters. The summed E-state index contributed by atoms with van der Waals surface area (Å²) in [6.07, 6.45) is 0.963. The number of nitrogens with zero attached hydrogens (tertiary/aromatic N) is 1. The van der Waals surface area contributed by atoms with Crippen LogP contribution in [0.25, 0.3) is 0 Å². The lowest BCUT2D eigenvalue weighted by Crippen LogP contribution is -2.50. The normalized spacial score (nSPS) is 12.9. The number of benzene rings is 2. The molecule has 150 valence electrons. The molecule has 0 bridgehead atoms. The number of amides is 2. The van der Waals surface area contributed by atoms with Crippen LogP contribution < -0.4 is 5.32 Å². The van der Waals surface area contributed by atoms with Gasteiger partial charge in [-0.25, -0.2) is 4.39 Å². The molecule has 2 rings (SSSR count). The lowest BCUT2D eigenvalue weighted by Gasteiger charge is -2.30. The van der Waals surface area contributed by atoms with E-state index in [0.717, 1.165) is 17.5 Å². The van der Waals surface area contributed by atoms with Crippen LogP contribution in [0.4, 0.5) is 4.39 Å². The second kappa shape index (κ2) is 10.0. The van der Waals surface area contributed by atoms with Crippen molar-refractivity contribution in [2.75, 3.05) is 0 Å². The smallest absolute Gasteiger partial charge is 0.242 e. The Morgan fingerprint density at radius 1 is 1.04 bits per heavy atom. The van der Waals surface area contributed by atoms with Crippen LogP contribution in [0.1, 0.15) is 43.9 Å². The highest BCUT2D eigenvalue weighted by atomic mass is 19.1. The standard InChI is InChI=1S/C23H29FN2O2/c1-5-17(3)25-23(28)18(4)26(15-20-12-8-9-13-21(20)24)22(27)14-19-11-7-6-10-16(19)2/h6-13,17-18H,5,14-15H2,1-4H3,(H,25,28)/t17-,18-/m0/s1. The van der Waals surface area contributed by atoms with Crippen molar-refractivity contribution in [3.05, 3.63) is 71.0 Å². The molecule has 0 fully saturated rings. The third-order valence-electron chi connectivity index (χ3n) is 5.07. The molecule has 0 radical (unpaired) electrons. The number of nitrogens with one attached hydrogen (secondary N) is 1. The molecule has 0 heterocycles. The van der Waals surface area contributed by atoms with Crippen molar-refractivity contribution in [2.24, 2.45) is 0 Å². The van der Waals surface area contributed by atoms with Gasteiger partial charge in [-0.3, -0.25) is 9.59 Å². The van der Waals surface area contributed by atoms with Crippen molar-refractivity contribution in [1.29, 1.82) is 0 Å². The van der Waals surface area contributed by atoms with Crippen molar-refractivity contribution in [1.82, 2.24) is 10.2 Å². The van der Waals surface area contributed by atoms with Gasteiger partial charge in [0.15, 0.2) is 0 Å². The van der Waals surface area contributed by atoms with E-state index < -0.39 is 6.04 Å². The number of rotatable bonds is 8. The van der Waals surface area contributed by atoms with Crippen LogP contribution in [0.2, 0.25) is 0 Å². The minimum Gasteiger partial charge on any atom is -0.352 e. The van der Waals surface area contributed by atoms with Gasteiger partial charge in [0.05, 0.1) is 6.42 Å². The Bertz CT molecular complexity index is 822. The molecule has 2 atom stereocenters. The fourth-order valence-electron chi connectivity index (χ4n) is 2.93. The zero-order chi connectivity index (χ0) is 20.7. The Kier molecular flexibility index (Phi) is 7.73. The van der Waals surface area contributed by atoms with Gasteiger partial charge in [-0.2, -0.15) is 0 Å². The third kappa shape index (κ3) is 5.65. The van der Waals surface area contributed by atoms with Crippen LogP contribution in [-0.2, 0) is 22.6 Å². The maximum absolute atomic E-state index is 14.2. The SMILES string of the molecule is CC[C@H](C)NC(=O)[C@H](C)N(Cc1ccccc1F)C(=O)Cc1ccccc1C. The summed E-state index contributed by atoms with van der Waals surface area (Å²) in [5, 5.41) is 2.91. The van der Waals surface area contributed by atoms with Gasteiger partial charge < -0.3 is 10.2 Å². The van der Waals surface area contributed by atoms with Gasteiger partial charge in [-0.1, -0.05) is 49.4 Å². The van der Waals surface area contributed by atoms with Crippen LogP contribution >= 0.6 is 0 Å². The van der Waals surface area contributed by atoms with E-state index in [0.29, 0.717) is 5.56 Å². The van der Waals surface area contributed by atoms with E-state index in [-0.39, 0.29) is 36.6 Å². The third-order valence-corrected chi connectivity index (χ3v) is 5.07. The van der Waals surface area contributed by atoms with Crippen molar-refractivity contribution < 1.29 is 14.0 Å². The molecule has 0 aliphatic rings. The summed E-state index contributed by atoms with van der Waals surface area (Å²) in [4.78, 5) is 27.2. The first-order valence-electron chi connectivity index (χ1n) is 9.71. The lowest BCUT2D eigenvalue weighted by molar-refractivity contribution is -0.140. The molecule has 0 spiro atoms. The van der Waals surface area contributed by atoms with Gasteiger partial charge in [-0.05, 0) is 44.4 Å². The van der Waals surface area contributed by atoms with Gasteiger partial charge in [-0.15, -0.1) is 0 Å². The van der Waals surface area contributed by atoms with Crippen molar-refractivity contribution in [2.45, 2.75) is 59.2 Å². The van der Waals surface area contributed by atoms with Gasteiger partial charge in [0, 0.05) is 18.2 Å². The lowest BCUT2D eigenvalue weighted by atomic mass is 10.0. The first kappa shape index (κ1) is 21.6. The number of carbonyl (C=O) groups excluding carboxylic acids is 2. The van der Waals surface area contributed by atoms with Crippen molar-refractivity contribution >= 4 is 11.8 Å². The molecule has 5 heteroatoms. The summed E-state index contributed by atoms with van der Waals surface area (Å²) in [6, 6.07) is 13.3. The Morgan fingerprint density at radius 3 is 2.25 bits per heavy atom. The maximum atomic E-state index is 14.2. The van der Waals surface area contributed by atoms with Crippen LogP contribution in [0.3, 0.4) is 0 Å². The monoisotopic (exact) mass is 384 g/mol. The fraction of sp³-hybridized carbons (Fsp3) is 0.391. The fourth-order valence-corrected chi connectivity index (χ4v) is 2.93. The predicted octanol–water partition coefficient (Wildman–Crippen LogP) is 4.01. The highest BCUT2D eigenvalue weighted by Crippen LogP contribution is 2.16. The average molecular weight is 384 g/mol. The topological polar surface area (TPSA) is 49.4 Å². The van der Waals surface area contributed by atoms with E-state index in [4.69, 9.17) is 0 Å². The van der Waals surface area contributed by atoms with Gasteiger partial charge >= 0.3 is 0 Å². The summed E-state index contributed by atoms with van der Waals surface area (Å²) in [7, 11) is 0. The molecule has 0 aliphatic heterocycles. The summed E-state index contributed by atoms with van der Waals surface area (Å²) < 4.78 is 14.2. The quantitative estimate of drug-likeness (QED) is 0.748. The Balaban J connectivity index is 2.26. The summed E-state index contributed by atoms with van der Waals surface area (Å²) in [5.41, 5.74) is 2.31. The van der Waals surface area contributed by atoms with E-state index >= 15 is 0 Å². The van der Waals surface area contributed by atoms with E-state index in [9.17, 15) is 14.0 Å². The number of hydrogen-bond donors (Lipinski definition) is 1. The number of carbonyl (C=O) groups is 2. The molecule has 0 saturated heterocycles. The van der Waals surface area contributed by atoms with E-state index in [2.05, 4.69) is 5.32 Å². The molecule has 0 aliphatic carbocycles. The molecule has 0 saturated carbocycles. The van der Waals surface area contributed by atoms with Crippen LogP contribution in [0.5, 0.6) is 0 Å². The van der Waals surface area contributed by atoms with Gasteiger partial charge in [0.25, 0.3) is 0 Å². The van der Waals surface area contributed by atoms with Crippen LogP contribution in [0.15, 0.2) is 48.5 Å². The molecular weight excluding hydrogens is 355 g/mol. The number of aryl methyl sites for hydroxylation is 1.